The van der Waals surface area contributed by atoms with Gasteiger partial charge in [0.1, 0.15) is 0 Å². The van der Waals surface area contributed by atoms with Crippen molar-refractivity contribution in [3.05, 3.63) is 33.5 Å². The molecule has 0 saturated heterocycles. The van der Waals surface area contributed by atoms with E-state index in [0.29, 0.717) is 0 Å². The highest BCUT2D eigenvalue weighted by Crippen LogP contribution is 2.22. The van der Waals surface area contributed by atoms with Crippen LogP contribution in [0.4, 0.5) is 5.13 Å². The van der Waals surface area contributed by atoms with Crippen LogP contribution in [-0.2, 0) is 13.1 Å². The van der Waals surface area contributed by atoms with Gasteiger partial charge in [-0.3, -0.25) is 0 Å². The van der Waals surface area contributed by atoms with Crippen LogP contribution in [0.25, 0.3) is 0 Å². The molecule has 5 heteroatoms. The molecule has 2 aromatic heterocycles. The van der Waals surface area contributed by atoms with Crippen molar-refractivity contribution >= 4 is 27.8 Å². The molecule has 2 rings (SSSR count). The van der Waals surface area contributed by atoms with Crippen LogP contribution in [-0.4, -0.2) is 18.6 Å². The third kappa shape index (κ3) is 3.52. The van der Waals surface area contributed by atoms with Gasteiger partial charge in [-0.1, -0.05) is 13.0 Å². The molecule has 0 spiro atoms. The first-order chi connectivity index (χ1) is 8.29. The molecule has 0 radical (unpaired) electrons. The van der Waals surface area contributed by atoms with Gasteiger partial charge in [0.25, 0.3) is 0 Å². The first-order valence-electron chi connectivity index (χ1n) is 5.68. The Morgan fingerprint density at radius 3 is 3.00 bits per heavy atom. The Hall–Kier alpha value is -0.910. The zero-order valence-corrected chi connectivity index (χ0v) is 11.8. The Labute approximate surface area is 110 Å². The number of nitrogens with zero attached hydrogens (tertiary/aromatic N) is 2. The molecule has 0 bridgehead atoms. The van der Waals surface area contributed by atoms with E-state index in [1.54, 1.807) is 22.7 Å². The van der Waals surface area contributed by atoms with Crippen LogP contribution in [0.3, 0.4) is 0 Å². The fourth-order valence-electron chi connectivity index (χ4n) is 1.51. The third-order valence-corrected chi connectivity index (χ3v) is 4.26. The molecule has 0 aliphatic heterocycles. The van der Waals surface area contributed by atoms with E-state index >= 15 is 0 Å². The lowest BCUT2D eigenvalue weighted by Gasteiger charge is -2.14. The van der Waals surface area contributed by atoms with Crippen LogP contribution in [0.2, 0.25) is 0 Å². The van der Waals surface area contributed by atoms with E-state index in [1.807, 2.05) is 0 Å². The van der Waals surface area contributed by atoms with Gasteiger partial charge in [0.15, 0.2) is 5.13 Å². The highest BCUT2D eigenvalue weighted by Gasteiger charge is 2.07. The van der Waals surface area contributed by atoms with Gasteiger partial charge in [0, 0.05) is 23.8 Å². The predicted molar refractivity (Wildman–Crippen MR) is 75.9 cm³/mol. The number of hydrogen-bond donors (Lipinski definition) is 1. The van der Waals surface area contributed by atoms with Crippen LogP contribution in [0.15, 0.2) is 22.9 Å². The first-order valence-corrected chi connectivity index (χ1v) is 7.44. The fourth-order valence-corrected chi connectivity index (χ4v) is 3.06. The number of anilines is 1. The smallest absolute Gasteiger partial charge is 0.185 e. The van der Waals surface area contributed by atoms with Crippen molar-refractivity contribution in [3.8, 4) is 0 Å². The summed E-state index contributed by atoms with van der Waals surface area (Å²) in [7, 11) is 2.09. The average Bonchev–Trinajstić information content (AvgIpc) is 2.96. The molecule has 0 aliphatic carbocycles. The molecule has 2 heterocycles. The van der Waals surface area contributed by atoms with Crippen molar-refractivity contribution in [2.75, 3.05) is 18.5 Å². The minimum atomic E-state index is 0.861. The minimum absolute atomic E-state index is 0.861. The molecule has 0 unspecified atom stereocenters. The monoisotopic (exact) mass is 267 g/mol. The SMILES string of the molecule is CCNCc1csc(N(C)Cc2cccs2)n1. The zero-order valence-electron chi connectivity index (χ0n) is 10.1. The Morgan fingerprint density at radius 1 is 1.41 bits per heavy atom. The molecular formula is C12H17N3S2. The van der Waals surface area contributed by atoms with Crippen LogP contribution in [0, 0.1) is 0 Å². The Kier molecular flexibility index (Phi) is 4.53. The fraction of sp³-hybridized carbons (Fsp3) is 0.417. The Morgan fingerprint density at radius 2 is 2.29 bits per heavy atom. The molecule has 0 fully saturated rings. The summed E-state index contributed by atoms with van der Waals surface area (Å²) in [6.07, 6.45) is 0. The molecule has 0 aromatic carbocycles. The molecule has 3 nitrogen and oxygen atoms in total. The molecule has 2 aromatic rings. The van der Waals surface area contributed by atoms with Crippen molar-refractivity contribution in [3.63, 3.8) is 0 Å². The van der Waals surface area contributed by atoms with E-state index in [1.165, 1.54) is 4.88 Å². The van der Waals surface area contributed by atoms with E-state index in [0.717, 1.165) is 30.5 Å². The van der Waals surface area contributed by atoms with Crippen molar-refractivity contribution < 1.29 is 0 Å². The molecular weight excluding hydrogens is 250 g/mol. The zero-order chi connectivity index (χ0) is 12.1. The topological polar surface area (TPSA) is 28.2 Å². The van der Waals surface area contributed by atoms with Gasteiger partial charge in [0.05, 0.1) is 12.2 Å². The summed E-state index contributed by atoms with van der Waals surface area (Å²) < 4.78 is 0. The van der Waals surface area contributed by atoms with E-state index in [2.05, 4.69) is 52.1 Å². The number of aromatic nitrogens is 1. The number of rotatable bonds is 6. The molecule has 0 atom stereocenters. The Balaban J connectivity index is 1.94. The van der Waals surface area contributed by atoms with Gasteiger partial charge < -0.3 is 10.2 Å². The summed E-state index contributed by atoms with van der Waals surface area (Å²) in [5, 5.41) is 8.62. The quantitative estimate of drug-likeness (QED) is 0.872. The van der Waals surface area contributed by atoms with Crippen molar-refractivity contribution in [2.24, 2.45) is 0 Å². The molecule has 17 heavy (non-hydrogen) atoms. The Bertz CT molecular complexity index is 436. The van der Waals surface area contributed by atoms with Gasteiger partial charge >= 0.3 is 0 Å². The third-order valence-electron chi connectivity index (χ3n) is 2.40. The van der Waals surface area contributed by atoms with Crippen LogP contribution in [0.1, 0.15) is 17.5 Å². The minimum Gasteiger partial charge on any atom is -0.346 e. The van der Waals surface area contributed by atoms with E-state index < -0.39 is 0 Å². The lowest BCUT2D eigenvalue weighted by atomic mass is 10.4. The van der Waals surface area contributed by atoms with Gasteiger partial charge in [-0.25, -0.2) is 4.98 Å². The number of hydrogen-bond acceptors (Lipinski definition) is 5. The highest BCUT2D eigenvalue weighted by molar-refractivity contribution is 7.13. The summed E-state index contributed by atoms with van der Waals surface area (Å²) in [4.78, 5) is 8.19. The second kappa shape index (κ2) is 6.14. The molecule has 1 N–H and O–H groups in total. The van der Waals surface area contributed by atoms with Crippen molar-refractivity contribution in [1.82, 2.24) is 10.3 Å². The normalized spacial score (nSPS) is 10.7. The number of thiazole rings is 1. The number of thiophene rings is 1. The van der Waals surface area contributed by atoms with Crippen LogP contribution in [0.5, 0.6) is 0 Å². The van der Waals surface area contributed by atoms with Crippen molar-refractivity contribution in [2.45, 2.75) is 20.0 Å². The number of nitrogens with one attached hydrogen (secondary N) is 1. The van der Waals surface area contributed by atoms with Gasteiger partial charge in [0.2, 0.25) is 0 Å². The van der Waals surface area contributed by atoms with Gasteiger partial charge in [-0.05, 0) is 18.0 Å². The van der Waals surface area contributed by atoms with Crippen LogP contribution >= 0.6 is 22.7 Å². The second-order valence-corrected chi connectivity index (χ2v) is 5.71. The lowest BCUT2D eigenvalue weighted by molar-refractivity contribution is 0.713. The van der Waals surface area contributed by atoms with E-state index in [4.69, 9.17) is 0 Å². The van der Waals surface area contributed by atoms with Gasteiger partial charge in [-0.15, -0.1) is 22.7 Å². The summed E-state index contributed by atoms with van der Waals surface area (Å²) in [6.45, 7) is 4.89. The molecule has 0 aliphatic rings. The van der Waals surface area contributed by atoms with E-state index in [-0.39, 0.29) is 0 Å². The maximum absolute atomic E-state index is 4.61. The molecule has 0 amide bonds. The summed E-state index contributed by atoms with van der Waals surface area (Å²) in [5.41, 5.74) is 1.13. The highest BCUT2D eigenvalue weighted by atomic mass is 32.1. The standard InChI is InChI=1S/C12H17N3S2/c1-3-13-7-10-9-17-12(14-10)15(2)8-11-5-4-6-16-11/h4-6,9,13H,3,7-8H2,1-2H3. The van der Waals surface area contributed by atoms with E-state index in [9.17, 15) is 0 Å². The maximum Gasteiger partial charge on any atom is 0.185 e. The summed E-state index contributed by atoms with van der Waals surface area (Å²) in [5.74, 6) is 0. The average molecular weight is 267 g/mol. The van der Waals surface area contributed by atoms with Crippen LogP contribution < -0.4 is 10.2 Å². The predicted octanol–water partition coefficient (Wildman–Crippen LogP) is 2.95. The summed E-state index contributed by atoms with van der Waals surface area (Å²) >= 11 is 3.50. The molecule has 0 saturated carbocycles. The summed E-state index contributed by atoms with van der Waals surface area (Å²) in [6, 6.07) is 4.25. The maximum atomic E-state index is 4.61. The van der Waals surface area contributed by atoms with Gasteiger partial charge in [-0.2, -0.15) is 0 Å². The largest absolute Gasteiger partial charge is 0.346 e. The lowest BCUT2D eigenvalue weighted by Crippen LogP contribution is -2.16. The first kappa shape index (κ1) is 12.5. The van der Waals surface area contributed by atoms with Crippen molar-refractivity contribution in [1.29, 1.82) is 0 Å². The second-order valence-electron chi connectivity index (χ2n) is 3.84. The molecule has 92 valence electrons.